The molecule has 0 fully saturated rings. The van der Waals surface area contributed by atoms with Gasteiger partial charge in [-0.25, -0.2) is 9.97 Å². The van der Waals surface area contributed by atoms with E-state index in [4.69, 9.17) is 9.72 Å². The molecule has 0 amide bonds. The topological polar surface area (TPSA) is 60.8 Å². The summed E-state index contributed by atoms with van der Waals surface area (Å²) >= 11 is 0. The van der Waals surface area contributed by atoms with Gasteiger partial charge in [0, 0.05) is 29.7 Å². The van der Waals surface area contributed by atoms with Crippen molar-refractivity contribution < 1.29 is 4.74 Å². The van der Waals surface area contributed by atoms with Gasteiger partial charge < -0.3 is 4.74 Å². The van der Waals surface area contributed by atoms with Crippen molar-refractivity contribution in [3.63, 3.8) is 0 Å². The molecule has 3 aromatic rings. The molecule has 0 saturated carbocycles. The van der Waals surface area contributed by atoms with E-state index in [2.05, 4.69) is 15.0 Å². The predicted octanol–water partition coefficient (Wildman–Crippen LogP) is 3.70. The molecule has 126 valence electrons. The smallest absolute Gasteiger partial charge is 0.214 e. The molecule has 0 aromatic carbocycles. The lowest BCUT2D eigenvalue weighted by Crippen LogP contribution is -2.10. The Morgan fingerprint density at radius 1 is 1.08 bits per heavy atom. The van der Waals surface area contributed by atoms with Gasteiger partial charge in [0.05, 0.1) is 23.3 Å². The van der Waals surface area contributed by atoms with Gasteiger partial charge in [0.1, 0.15) is 6.61 Å². The molecule has 1 aliphatic carbocycles. The van der Waals surface area contributed by atoms with Crippen molar-refractivity contribution in [2.45, 2.75) is 39.2 Å². The first-order chi connectivity index (χ1) is 12.3. The van der Waals surface area contributed by atoms with Crippen LogP contribution in [0.1, 0.15) is 35.5 Å². The summed E-state index contributed by atoms with van der Waals surface area (Å²) in [4.78, 5) is 18.0. The lowest BCUT2D eigenvalue weighted by molar-refractivity contribution is 0.288. The van der Waals surface area contributed by atoms with Gasteiger partial charge in [-0.1, -0.05) is 6.07 Å². The molecule has 0 N–H and O–H groups in total. The van der Waals surface area contributed by atoms with Crippen LogP contribution >= 0.6 is 0 Å². The summed E-state index contributed by atoms with van der Waals surface area (Å²) in [5.41, 5.74) is 6.20. The molecule has 4 rings (SSSR count). The Morgan fingerprint density at radius 2 is 2.00 bits per heavy atom. The van der Waals surface area contributed by atoms with Gasteiger partial charge in [0.2, 0.25) is 5.88 Å². The van der Waals surface area contributed by atoms with Crippen molar-refractivity contribution in [1.82, 2.24) is 19.9 Å². The van der Waals surface area contributed by atoms with Crippen LogP contribution in [0, 0.1) is 6.92 Å². The maximum Gasteiger partial charge on any atom is 0.214 e. The maximum absolute atomic E-state index is 5.93. The SMILES string of the molecule is Cc1cncc(-c2cc(OCc3ccccn3)nc3c2CCCC3)n1. The lowest BCUT2D eigenvalue weighted by atomic mass is 9.91. The molecule has 0 aliphatic heterocycles. The molecule has 0 bridgehead atoms. The van der Waals surface area contributed by atoms with E-state index in [1.807, 2.05) is 37.4 Å². The van der Waals surface area contributed by atoms with Crippen molar-refractivity contribution in [2.75, 3.05) is 0 Å². The zero-order valence-electron chi connectivity index (χ0n) is 14.3. The minimum Gasteiger partial charge on any atom is -0.471 e. The monoisotopic (exact) mass is 332 g/mol. The van der Waals surface area contributed by atoms with Crippen molar-refractivity contribution in [2.24, 2.45) is 0 Å². The molecule has 1 aliphatic rings. The second-order valence-corrected chi connectivity index (χ2v) is 6.30. The van der Waals surface area contributed by atoms with Crippen LogP contribution in [-0.2, 0) is 19.4 Å². The molecule has 0 atom stereocenters. The van der Waals surface area contributed by atoms with E-state index in [0.717, 1.165) is 41.2 Å². The van der Waals surface area contributed by atoms with E-state index < -0.39 is 0 Å². The number of pyridine rings is 2. The normalized spacial score (nSPS) is 13.3. The zero-order valence-corrected chi connectivity index (χ0v) is 14.3. The predicted molar refractivity (Wildman–Crippen MR) is 95.2 cm³/mol. The van der Waals surface area contributed by atoms with E-state index in [-0.39, 0.29) is 0 Å². The fraction of sp³-hybridized carbons (Fsp3) is 0.300. The highest BCUT2D eigenvalue weighted by Crippen LogP contribution is 2.32. The van der Waals surface area contributed by atoms with Crippen LogP contribution in [0.5, 0.6) is 5.88 Å². The van der Waals surface area contributed by atoms with Crippen molar-refractivity contribution >= 4 is 0 Å². The summed E-state index contributed by atoms with van der Waals surface area (Å²) < 4.78 is 5.93. The van der Waals surface area contributed by atoms with Crippen LogP contribution in [0.25, 0.3) is 11.3 Å². The van der Waals surface area contributed by atoms with Crippen LogP contribution in [-0.4, -0.2) is 19.9 Å². The molecule has 0 unspecified atom stereocenters. The van der Waals surface area contributed by atoms with E-state index in [1.165, 1.54) is 18.4 Å². The summed E-state index contributed by atoms with van der Waals surface area (Å²) in [6, 6.07) is 7.80. The van der Waals surface area contributed by atoms with Crippen molar-refractivity contribution in [3.8, 4) is 17.1 Å². The number of nitrogens with zero attached hydrogens (tertiary/aromatic N) is 4. The number of aromatic nitrogens is 4. The van der Waals surface area contributed by atoms with Crippen LogP contribution in [0.3, 0.4) is 0 Å². The molecule has 3 heterocycles. The van der Waals surface area contributed by atoms with Crippen LogP contribution in [0.4, 0.5) is 0 Å². The zero-order chi connectivity index (χ0) is 17.1. The Labute approximate surface area is 147 Å². The van der Waals surface area contributed by atoms with Gasteiger partial charge in [0.25, 0.3) is 0 Å². The molecular formula is C20H20N4O. The summed E-state index contributed by atoms with van der Waals surface area (Å²) in [5.74, 6) is 0.629. The minimum atomic E-state index is 0.408. The van der Waals surface area contributed by atoms with Gasteiger partial charge in [-0.3, -0.25) is 9.97 Å². The Morgan fingerprint density at radius 3 is 2.84 bits per heavy atom. The van der Waals surface area contributed by atoms with Gasteiger partial charge in [-0.2, -0.15) is 0 Å². The quantitative estimate of drug-likeness (QED) is 0.729. The Hall–Kier alpha value is -2.82. The molecule has 5 nitrogen and oxygen atoms in total. The first-order valence-corrected chi connectivity index (χ1v) is 8.64. The lowest BCUT2D eigenvalue weighted by Gasteiger charge is -2.20. The highest BCUT2D eigenvalue weighted by molar-refractivity contribution is 5.65. The Balaban J connectivity index is 1.70. The number of aryl methyl sites for hydroxylation is 2. The largest absolute Gasteiger partial charge is 0.471 e. The molecule has 25 heavy (non-hydrogen) atoms. The fourth-order valence-electron chi connectivity index (χ4n) is 3.21. The third-order valence-electron chi connectivity index (χ3n) is 4.40. The number of ether oxygens (including phenoxy) is 1. The number of hydrogen-bond acceptors (Lipinski definition) is 5. The summed E-state index contributed by atoms with van der Waals surface area (Å²) in [7, 11) is 0. The third-order valence-corrected chi connectivity index (χ3v) is 4.40. The van der Waals surface area contributed by atoms with Gasteiger partial charge in [0.15, 0.2) is 0 Å². The van der Waals surface area contributed by atoms with E-state index in [1.54, 1.807) is 12.4 Å². The second kappa shape index (κ2) is 6.97. The van der Waals surface area contributed by atoms with Gasteiger partial charge in [-0.05, 0) is 50.3 Å². The van der Waals surface area contributed by atoms with E-state index in [0.29, 0.717) is 12.5 Å². The second-order valence-electron chi connectivity index (χ2n) is 6.30. The van der Waals surface area contributed by atoms with Crippen LogP contribution in [0.15, 0.2) is 42.9 Å². The highest BCUT2D eigenvalue weighted by atomic mass is 16.5. The van der Waals surface area contributed by atoms with Crippen molar-refractivity contribution in [1.29, 1.82) is 0 Å². The first-order valence-electron chi connectivity index (χ1n) is 8.64. The molecule has 0 spiro atoms. The average molecular weight is 332 g/mol. The van der Waals surface area contributed by atoms with Crippen LogP contribution in [0.2, 0.25) is 0 Å². The molecule has 3 aromatic heterocycles. The minimum absolute atomic E-state index is 0.408. The molecule has 0 saturated heterocycles. The Bertz CT molecular complexity index is 880. The number of fused-ring (bicyclic) bond motifs is 1. The maximum atomic E-state index is 5.93. The van der Waals surface area contributed by atoms with Crippen LogP contribution < -0.4 is 4.74 Å². The van der Waals surface area contributed by atoms with E-state index in [9.17, 15) is 0 Å². The molecular weight excluding hydrogens is 312 g/mol. The van der Waals surface area contributed by atoms with Crippen molar-refractivity contribution in [3.05, 3.63) is 65.5 Å². The summed E-state index contributed by atoms with van der Waals surface area (Å²) in [6.07, 6.45) is 9.75. The van der Waals surface area contributed by atoms with Gasteiger partial charge >= 0.3 is 0 Å². The summed E-state index contributed by atoms with van der Waals surface area (Å²) in [6.45, 7) is 2.37. The summed E-state index contributed by atoms with van der Waals surface area (Å²) in [5, 5.41) is 0. The fourth-order valence-corrected chi connectivity index (χ4v) is 3.21. The number of rotatable bonds is 4. The Kier molecular flexibility index (Phi) is 4.37. The number of hydrogen-bond donors (Lipinski definition) is 0. The average Bonchev–Trinajstić information content (AvgIpc) is 2.66. The third kappa shape index (κ3) is 3.50. The molecule has 0 radical (unpaired) electrons. The highest BCUT2D eigenvalue weighted by Gasteiger charge is 2.19. The van der Waals surface area contributed by atoms with Gasteiger partial charge in [-0.15, -0.1) is 0 Å². The molecule has 5 heteroatoms. The van der Waals surface area contributed by atoms with E-state index >= 15 is 0 Å². The standard InChI is InChI=1S/C20H20N4O/c1-14-11-21-12-19(23-14)17-10-20(24-18-8-3-2-7-16(17)18)25-13-15-6-4-5-9-22-15/h4-6,9-12H,2-3,7-8,13H2,1H3. The first kappa shape index (κ1) is 15.7.